The van der Waals surface area contributed by atoms with Crippen LogP contribution in [0.3, 0.4) is 0 Å². The Hall–Kier alpha value is -3.35. The van der Waals surface area contributed by atoms with Crippen molar-refractivity contribution < 1.29 is 23.9 Å². The monoisotopic (exact) mass is 352 g/mol. The summed E-state index contributed by atoms with van der Waals surface area (Å²) in [5, 5.41) is 0. The maximum atomic E-state index is 12.8. The van der Waals surface area contributed by atoms with Crippen LogP contribution >= 0.6 is 0 Å². The van der Waals surface area contributed by atoms with Crippen molar-refractivity contribution in [3.63, 3.8) is 0 Å². The number of amides is 1. The van der Waals surface area contributed by atoms with Crippen LogP contribution in [0.15, 0.2) is 42.5 Å². The molecule has 0 unspecified atom stereocenters. The number of hydrogen-bond acceptors (Lipinski definition) is 6. The first-order chi connectivity index (χ1) is 12.5. The van der Waals surface area contributed by atoms with E-state index in [-0.39, 0.29) is 17.0 Å². The molecule has 0 spiro atoms. The Balaban J connectivity index is 2.11. The topological polar surface area (TPSA) is 76.2 Å². The van der Waals surface area contributed by atoms with Gasteiger partial charge in [0.2, 0.25) is 6.67 Å². The van der Waals surface area contributed by atoms with Crippen LogP contribution < -0.4 is 9.80 Å². The van der Waals surface area contributed by atoms with Gasteiger partial charge in [0, 0.05) is 12.6 Å². The molecule has 26 heavy (non-hydrogen) atoms. The van der Waals surface area contributed by atoms with Crippen LogP contribution in [-0.4, -0.2) is 39.1 Å². The molecule has 2 radical (unpaired) electrons. The van der Waals surface area contributed by atoms with Crippen molar-refractivity contribution in [3.05, 3.63) is 65.8 Å². The van der Waals surface area contributed by atoms with E-state index in [9.17, 15) is 14.4 Å². The van der Waals surface area contributed by atoms with Crippen LogP contribution in [0, 0.1) is 6.67 Å². The highest BCUT2D eigenvalue weighted by Crippen LogP contribution is 2.40. The van der Waals surface area contributed by atoms with E-state index in [0.29, 0.717) is 16.9 Å². The van der Waals surface area contributed by atoms with Gasteiger partial charge in [0.05, 0.1) is 36.7 Å². The number of benzene rings is 2. The van der Waals surface area contributed by atoms with E-state index in [4.69, 9.17) is 9.47 Å². The Labute approximate surface area is 150 Å². The van der Waals surface area contributed by atoms with Crippen LogP contribution in [0.25, 0.3) is 0 Å². The number of fused-ring (bicyclic) bond motifs is 1. The first-order valence-electron chi connectivity index (χ1n) is 7.72. The molecule has 2 aromatic rings. The number of carbonyl (C=O) groups is 3. The van der Waals surface area contributed by atoms with Crippen molar-refractivity contribution in [1.82, 2.24) is 0 Å². The number of hydrogen-bond donors (Lipinski definition) is 0. The lowest BCUT2D eigenvalue weighted by molar-refractivity contribution is 0.0555. The number of ether oxygens (including phenoxy) is 2. The number of anilines is 2. The number of methoxy groups -OCH3 is 2. The minimum Gasteiger partial charge on any atom is -0.465 e. The molecule has 1 heterocycles. The first kappa shape index (κ1) is 17.5. The van der Waals surface area contributed by atoms with Gasteiger partial charge in [0.25, 0.3) is 5.91 Å². The zero-order valence-corrected chi connectivity index (χ0v) is 14.5. The summed E-state index contributed by atoms with van der Waals surface area (Å²) in [5.41, 5.74) is 1.51. The van der Waals surface area contributed by atoms with E-state index in [2.05, 4.69) is 6.67 Å². The smallest absolute Gasteiger partial charge is 0.338 e. The van der Waals surface area contributed by atoms with Crippen molar-refractivity contribution in [2.45, 2.75) is 0 Å². The fourth-order valence-corrected chi connectivity index (χ4v) is 2.70. The van der Waals surface area contributed by atoms with Crippen LogP contribution in [0.4, 0.5) is 11.4 Å². The average molecular weight is 352 g/mol. The van der Waals surface area contributed by atoms with Gasteiger partial charge in [-0.15, -0.1) is 0 Å². The number of esters is 2. The highest BCUT2D eigenvalue weighted by molar-refractivity contribution is 6.13. The summed E-state index contributed by atoms with van der Waals surface area (Å²) in [6.45, 7) is 2.90. The molecule has 0 fully saturated rings. The molecule has 0 aliphatic carbocycles. The molecule has 0 bridgehead atoms. The Kier molecular flexibility index (Phi) is 4.62. The molecular weight excluding hydrogens is 336 g/mol. The largest absolute Gasteiger partial charge is 0.465 e. The molecule has 0 atom stereocenters. The third-order valence-electron chi connectivity index (χ3n) is 4.00. The molecule has 2 aromatic carbocycles. The van der Waals surface area contributed by atoms with Crippen molar-refractivity contribution >= 4 is 29.2 Å². The average Bonchev–Trinajstić information content (AvgIpc) is 3.01. The zero-order valence-electron chi connectivity index (χ0n) is 14.5. The second-order valence-electron chi connectivity index (χ2n) is 5.54. The van der Waals surface area contributed by atoms with E-state index in [0.717, 1.165) is 0 Å². The summed E-state index contributed by atoms with van der Waals surface area (Å²) in [5.74, 6) is -1.68. The van der Waals surface area contributed by atoms with Crippen molar-refractivity contribution in [1.29, 1.82) is 0 Å². The van der Waals surface area contributed by atoms with Gasteiger partial charge in [-0.3, -0.25) is 9.69 Å². The number of carbonyl (C=O) groups excluding carboxylic acids is 3. The molecule has 0 saturated heterocycles. The Morgan fingerprint density at radius 2 is 1.42 bits per heavy atom. The lowest BCUT2D eigenvalue weighted by Gasteiger charge is -2.16. The highest BCUT2D eigenvalue weighted by atomic mass is 16.5. The van der Waals surface area contributed by atoms with Gasteiger partial charge >= 0.3 is 11.9 Å². The second-order valence-corrected chi connectivity index (χ2v) is 5.54. The van der Waals surface area contributed by atoms with Crippen molar-refractivity contribution in [3.8, 4) is 0 Å². The molecule has 0 N–H and O–H groups in total. The predicted octanol–water partition coefficient (Wildman–Crippen LogP) is 2.35. The fraction of sp³-hybridized carbons (Fsp3) is 0.158. The SMILES string of the molecule is COC(=O)c1cc2c(cc1C(=O)OC)N(C(=O)c1ccccc1)[C]N2C. The molecule has 1 amide bonds. The van der Waals surface area contributed by atoms with Gasteiger partial charge in [0.15, 0.2) is 0 Å². The molecule has 0 saturated carbocycles. The van der Waals surface area contributed by atoms with E-state index < -0.39 is 11.9 Å². The summed E-state index contributed by atoms with van der Waals surface area (Å²) in [4.78, 5) is 39.9. The molecule has 1 aliphatic rings. The van der Waals surface area contributed by atoms with Gasteiger partial charge in [-0.25, -0.2) is 9.59 Å². The number of nitrogens with zero attached hydrogens (tertiary/aromatic N) is 2. The predicted molar refractivity (Wildman–Crippen MR) is 94.0 cm³/mol. The maximum Gasteiger partial charge on any atom is 0.338 e. The van der Waals surface area contributed by atoms with Crippen LogP contribution in [0.5, 0.6) is 0 Å². The summed E-state index contributed by atoms with van der Waals surface area (Å²) in [7, 11) is 4.13. The minimum absolute atomic E-state index is 0.0149. The van der Waals surface area contributed by atoms with Crippen LogP contribution in [0.1, 0.15) is 31.1 Å². The van der Waals surface area contributed by atoms with E-state index >= 15 is 0 Å². The first-order valence-corrected chi connectivity index (χ1v) is 7.72. The molecule has 1 aliphatic heterocycles. The minimum atomic E-state index is -0.699. The van der Waals surface area contributed by atoms with Crippen LogP contribution in [0.2, 0.25) is 0 Å². The van der Waals surface area contributed by atoms with Gasteiger partial charge in [-0.1, -0.05) is 18.2 Å². The van der Waals surface area contributed by atoms with Crippen molar-refractivity contribution in [2.75, 3.05) is 31.1 Å². The normalized spacial score (nSPS) is 12.6. The zero-order chi connectivity index (χ0) is 18.8. The third kappa shape index (κ3) is 2.88. The lowest BCUT2D eigenvalue weighted by Crippen LogP contribution is -2.29. The Morgan fingerprint density at radius 1 is 0.885 bits per heavy atom. The maximum absolute atomic E-state index is 12.8. The molecular formula is C19H16N2O5. The van der Waals surface area contributed by atoms with E-state index in [1.807, 2.05) is 6.07 Å². The fourth-order valence-electron chi connectivity index (χ4n) is 2.70. The standard InChI is InChI=1S/C19H16N2O5/c1-20-11-21(17(22)12-7-5-4-6-8-12)16-10-14(19(24)26-3)13(9-15(16)20)18(23)25-2/h4-10H,1-3H3. The molecule has 0 aromatic heterocycles. The second kappa shape index (κ2) is 6.87. The third-order valence-corrected chi connectivity index (χ3v) is 4.00. The van der Waals surface area contributed by atoms with Gasteiger partial charge in [0.1, 0.15) is 0 Å². The molecule has 132 valence electrons. The van der Waals surface area contributed by atoms with Gasteiger partial charge in [-0.2, -0.15) is 0 Å². The van der Waals surface area contributed by atoms with Crippen LogP contribution in [-0.2, 0) is 9.47 Å². The molecule has 3 rings (SSSR count). The molecule has 7 heteroatoms. The molecule has 7 nitrogen and oxygen atoms in total. The number of rotatable bonds is 3. The Morgan fingerprint density at radius 3 is 1.96 bits per heavy atom. The quantitative estimate of drug-likeness (QED) is 0.790. The summed E-state index contributed by atoms with van der Waals surface area (Å²) in [6, 6.07) is 11.6. The Bertz CT molecular complexity index is 879. The van der Waals surface area contributed by atoms with Crippen molar-refractivity contribution in [2.24, 2.45) is 0 Å². The van der Waals surface area contributed by atoms with E-state index in [1.165, 1.54) is 31.3 Å². The highest BCUT2D eigenvalue weighted by Gasteiger charge is 2.34. The van der Waals surface area contributed by atoms with E-state index in [1.54, 1.807) is 36.2 Å². The summed E-state index contributed by atoms with van der Waals surface area (Å²) in [6.07, 6.45) is 0. The summed E-state index contributed by atoms with van der Waals surface area (Å²) >= 11 is 0. The van der Waals surface area contributed by atoms with Gasteiger partial charge < -0.3 is 14.4 Å². The lowest BCUT2D eigenvalue weighted by atomic mass is 10.0. The summed E-state index contributed by atoms with van der Waals surface area (Å²) < 4.78 is 9.50. The van der Waals surface area contributed by atoms with Gasteiger partial charge in [-0.05, 0) is 24.3 Å².